The van der Waals surface area contributed by atoms with Crippen LogP contribution in [0.4, 0.5) is 0 Å². The van der Waals surface area contributed by atoms with Gasteiger partial charge in [-0.1, -0.05) is 164 Å². The van der Waals surface area contributed by atoms with Gasteiger partial charge in [-0.2, -0.15) is 0 Å². The second-order valence-electron chi connectivity index (χ2n) is 16.1. The quantitative estimate of drug-likeness (QED) is 0.162. The summed E-state index contributed by atoms with van der Waals surface area (Å²) in [6.07, 6.45) is 2.00. The minimum absolute atomic E-state index is 0.725. The molecule has 0 N–H and O–H groups in total. The van der Waals surface area contributed by atoms with Gasteiger partial charge in [-0.25, -0.2) is 9.97 Å². The monoisotopic (exact) mass is 805 g/mol. The lowest BCUT2D eigenvalue weighted by Crippen LogP contribution is -1.93. The first-order valence-corrected chi connectivity index (χ1v) is 21.9. The number of nitrogens with zero attached hydrogens (tertiary/aromatic N) is 3. The van der Waals surface area contributed by atoms with Crippen LogP contribution < -0.4 is 0 Å². The predicted octanol–water partition coefficient (Wildman–Crippen LogP) is 16.1. The Morgan fingerprint density at radius 1 is 0.339 bits per heavy atom. The third-order valence-electron chi connectivity index (χ3n) is 12.6. The van der Waals surface area contributed by atoms with E-state index in [2.05, 4.69) is 211 Å². The van der Waals surface area contributed by atoms with Gasteiger partial charge in [0.1, 0.15) is 0 Å². The number of benzene rings is 10. The minimum Gasteiger partial charge on any atom is -0.309 e. The minimum atomic E-state index is 0.725. The first-order valence-electron chi connectivity index (χ1n) is 21.1. The van der Waals surface area contributed by atoms with Gasteiger partial charge in [0.05, 0.1) is 16.6 Å². The smallest absolute Gasteiger partial charge is 0.159 e. The standard InChI is InChI=1S/C58H35N3S/c1-2-18-41(19-3-1)61-53-29-9-8-23-47(53)51-34-39(30-31-54(51)61)43-26-13-28-50-49-27-12-25-42(56(49)62-57(43)50)38-16-10-14-36(32-38)37-15-11-17-40(33-37)58-59-35-52-46-22-5-4-20-44(46)45-21-6-7-24-48(45)55(52)60-58/h1-35H. The summed E-state index contributed by atoms with van der Waals surface area (Å²) < 4.78 is 4.99. The molecule has 3 heterocycles. The Hall–Kier alpha value is -7.92. The number of thiophene rings is 1. The van der Waals surface area contributed by atoms with E-state index in [1.54, 1.807) is 0 Å². The van der Waals surface area contributed by atoms with Crippen LogP contribution in [0.1, 0.15) is 0 Å². The fraction of sp³-hybridized carbons (Fsp3) is 0. The van der Waals surface area contributed by atoms with Crippen LogP contribution in [0, 0.1) is 0 Å². The molecule has 0 unspecified atom stereocenters. The Kier molecular flexibility index (Phi) is 7.78. The second kappa shape index (κ2) is 13.8. The zero-order valence-electron chi connectivity index (χ0n) is 33.5. The molecule has 0 aliphatic carbocycles. The molecular formula is C58H35N3S. The molecular weight excluding hydrogens is 771 g/mol. The molecule has 0 spiro atoms. The fourth-order valence-corrected chi connectivity index (χ4v) is 11.1. The van der Waals surface area contributed by atoms with E-state index < -0.39 is 0 Å². The number of para-hydroxylation sites is 2. The highest BCUT2D eigenvalue weighted by atomic mass is 32.1. The van der Waals surface area contributed by atoms with E-state index in [-0.39, 0.29) is 0 Å². The molecule has 62 heavy (non-hydrogen) atoms. The van der Waals surface area contributed by atoms with Crippen LogP contribution in [0.2, 0.25) is 0 Å². The molecule has 0 amide bonds. The van der Waals surface area contributed by atoms with Crippen LogP contribution in [-0.4, -0.2) is 14.5 Å². The molecule has 0 saturated heterocycles. The van der Waals surface area contributed by atoms with Crippen molar-refractivity contribution in [1.82, 2.24) is 14.5 Å². The van der Waals surface area contributed by atoms with E-state index >= 15 is 0 Å². The second-order valence-corrected chi connectivity index (χ2v) is 17.1. The Morgan fingerprint density at radius 2 is 0.855 bits per heavy atom. The van der Waals surface area contributed by atoms with Crippen molar-refractivity contribution in [2.24, 2.45) is 0 Å². The summed E-state index contributed by atoms with van der Waals surface area (Å²) in [5.74, 6) is 0.725. The van der Waals surface area contributed by atoms with Crippen LogP contribution in [0.15, 0.2) is 212 Å². The highest BCUT2D eigenvalue weighted by molar-refractivity contribution is 7.26. The van der Waals surface area contributed by atoms with Crippen LogP contribution in [0.5, 0.6) is 0 Å². The molecule has 0 bridgehead atoms. The number of hydrogen-bond donors (Lipinski definition) is 0. The van der Waals surface area contributed by atoms with Gasteiger partial charge in [0.15, 0.2) is 5.82 Å². The van der Waals surface area contributed by atoms with Gasteiger partial charge in [0.25, 0.3) is 0 Å². The zero-order valence-corrected chi connectivity index (χ0v) is 34.3. The van der Waals surface area contributed by atoms with Crippen molar-refractivity contribution in [1.29, 1.82) is 0 Å². The molecule has 0 radical (unpaired) electrons. The molecule has 0 saturated carbocycles. The predicted molar refractivity (Wildman–Crippen MR) is 264 cm³/mol. The maximum absolute atomic E-state index is 5.24. The lowest BCUT2D eigenvalue weighted by Gasteiger charge is -2.11. The van der Waals surface area contributed by atoms with E-state index in [1.165, 1.54) is 86.1 Å². The van der Waals surface area contributed by atoms with Crippen LogP contribution in [-0.2, 0) is 0 Å². The lowest BCUT2D eigenvalue weighted by molar-refractivity contribution is 1.18. The van der Waals surface area contributed by atoms with E-state index in [9.17, 15) is 0 Å². The molecule has 3 nitrogen and oxygen atoms in total. The van der Waals surface area contributed by atoms with Crippen molar-refractivity contribution in [2.45, 2.75) is 0 Å². The summed E-state index contributed by atoms with van der Waals surface area (Å²) in [6.45, 7) is 0. The highest BCUT2D eigenvalue weighted by Gasteiger charge is 2.18. The molecule has 0 aliphatic heterocycles. The molecule has 288 valence electrons. The van der Waals surface area contributed by atoms with Gasteiger partial charge in [-0.15, -0.1) is 11.3 Å². The summed E-state index contributed by atoms with van der Waals surface area (Å²) in [5.41, 5.74) is 12.8. The molecule has 0 atom stereocenters. The third-order valence-corrected chi connectivity index (χ3v) is 13.9. The summed E-state index contributed by atoms with van der Waals surface area (Å²) in [7, 11) is 0. The number of aromatic nitrogens is 3. The number of hydrogen-bond acceptors (Lipinski definition) is 3. The molecule has 0 fully saturated rings. The molecule has 3 aromatic heterocycles. The van der Waals surface area contributed by atoms with Crippen molar-refractivity contribution in [3.8, 4) is 50.5 Å². The van der Waals surface area contributed by atoms with Crippen molar-refractivity contribution in [3.05, 3.63) is 212 Å². The molecule has 4 heteroatoms. The van der Waals surface area contributed by atoms with Gasteiger partial charge in [-0.3, -0.25) is 0 Å². The fourth-order valence-electron chi connectivity index (χ4n) is 9.78. The maximum Gasteiger partial charge on any atom is 0.159 e. The van der Waals surface area contributed by atoms with E-state index in [0.29, 0.717) is 0 Å². The summed E-state index contributed by atoms with van der Waals surface area (Å²) in [4.78, 5) is 10.2. The summed E-state index contributed by atoms with van der Waals surface area (Å²) in [5, 5.41) is 10.9. The average molecular weight is 806 g/mol. The Balaban J connectivity index is 0.900. The number of fused-ring (bicyclic) bond motifs is 12. The topological polar surface area (TPSA) is 30.7 Å². The van der Waals surface area contributed by atoms with Gasteiger partial charge < -0.3 is 4.57 Å². The highest BCUT2D eigenvalue weighted by Crippen LogP contribution is 2.45. The SMILES string of the molecule is c1ccc(-n2c3ccccc3c3cc(-c4cccc5c4sc4c(-c6cccc(-c7cccc(-c8ncc9c%10ccccc%10c%10ccccc%10c9n8)c7)c6)cccc45)ccc32)cc1. The number of rotatable bonds is 5. The van der Waals surface area contributed by atoms with Crippen molar-refractivity contribution in [2.75, 3.05) is 0 Å². The average Bonchev–Trinajstić information content (AvgIpc) is 3.90. The van der Waals surface area contributed by atoms with Crippen molar-refractivity contribution in [3.63, 3.8) is 0 Å². The Bertz CT molecular complexity index is 3900. The maximum atomic E-state index is 5.24. The van der Waals surface area contributed by atoms with E-state index in [4.69, 9.17) is 9.97 Å². The largest absolute Gasteiger partial charge is 0.309 e. The molecule has 13 aromatic rings. The van der Waals surface area contributed by atoms with Crippen molar-refractivity contribution >= 4 is 85.8 Å². The Labute approximate surface area is 361 Å². The normalized spacial score (nSPS) is 11.9. The Morgan fingerprint density at radius 3 is 1.58 bits per heavy atom. The zero-order chi connectivity index (χ0) is 40.7. The summed E-state index contributed by atoms with van der Waals surface area (Å²) >= 11 is 1.90. The van der Waals surface area contributed by atoms with Gasteiger partial charge in [0, 0.05) is 59.2 Å². The van der Waals surface area contributed by atoms with Crippen LogP contribution in [0.3, 0.4) is 0 Å². The van der Waals surface area contributed by atoms with E-state index in [0.717, 1.165) is 38.8 Å². The van der Waals surface area contributed by atoms with Crippen LogP contribution >= 0.6 is 11.3 Å². The first kappa shape index (κ1) is 34.9. The van der Waals surface area contributed by atoms with Crippen LogP contribution in [0.25, 0.3) is 125 Å². The third kappa shape index (κ3) is 5.37. The molecule has 13 rings (SSSR count). The molecule has 0 aliphatic rings. The lowest BCUT2D eigenvalue weighted by atomic mass is 9.96. The molecule has 10 aromatic carbocycles. The first-order chi connectivity index (χ1) is 30.7. The van der Waals surface area contributed by atoms with Crippen molar-refractivity contribution < 1.29 is 0 Å². The summed E-state index contributed by atoms with van der Waals surface area (Å²) in [6, 6.07) is 74.7. The van der Waals surface area contributed by atoms with Gasteiger partial charge in [-0.05, 0) is 92.0 Å². The van der Waals surface area contributed by atoms with Gasteiger partial charge >= 0.3 is 0 Å². The van der Waals surface area contributed by atoms with E-state index in [1.807, 2.05) is 17.5 Å². The van der Waals surface area contributed by atoms with Gasteiger partial charge in [0.2, 0.25) is 0 Å².